The van der Waals surface area contributed by atoms with Gasteiger partial charge in [0.1, 0.15) is 0 Å². The van der Waals surface area contributed by atoms with E-state index in [0.717, 1.165) is 0 Å². The zero-order chi connectivity index (χ0) is 7.78. The summed E-state index contributed by atoms with van der Waals surface area (Å²) in [6.07, 6.45) is 0.110. The van der Waals surface area contributed by atoms with Gasteiger partial charge in [0.2, 0.25) is 5.67 Å². The molecule has 1 saturated heterocycles. The number of aliphatic carboxylic acids is 1. The molecule has 58 valence electrons. The van der Waals surface area contributed by atoms with Gasteiger partial charge in [-0.1, -0.05) is 0 Å². The molecule has 0 aromatic rings. The summed E-state index contributed by atoms with van der Waals surface area (Å²) in [6, 6.07) is 0. The van der Waals surface area contributed by atoms with Gasteiger partial charge in [0, 0.05) is 19.5 Å². The maximum Gasteiger partial charge on any atom is 0.342 e. The third-order valence-corrected chi connectivity index (χ3v) is 1.79. The Bertz CT molecular complexity index is 162. The van der Waals surface area contributed by atoms with Crippen LogP contribution in [0, 0.1) is 0 Å². The molecular weight excluding hydrogens is 137 g/mol. The van der Waals surface area contributed by atoms with Crippen molar-refractivity contribution in [2.24, 2.45) is 0 Å². The van der Waals surface area contributed by atoms with E-state index >= 15 is 0 Å². The smallest absolute Gasteiger partial charge is 0.342 e. The summed E-state index contributed by atoms with van der Waals surface area (Å²) in [6.45, 7) is 0.547. The van der Waals surface area contributed by atoms with E-state index in [4.69, 9.17) is 5.11 Å². The average Bonchev–Trinajstić information content (AvgIpc) is 2.13. The largest absolute Gasteiger partial charge is 0.479 e. The highest BCUT2D eigenvalue weighted by molar-refractivity contribution is 5.78. The van der Waals surface area contributed by atoms with Crippen molar-refractivity contribution in [3.63, 3.8) is 0 Å². The van der Waals surface area contributed by atoms with Gasteiger partial charge in [0.25, 0.3) is 0 Å². The molecule has 10 heavy (non-hydrogen) atoms. The van der Waals surface area contributed by atoms with Crippen LogP contribution < -0.4 is 0 Å². The number of likely N-dealkylation sites (tertiary alicyclic amines) is 1. The van der Waals surface area contributed by atoms with Crippen LogP contribution in [0.1, 0.15) is 6.42 Å². The van der Waals surface area contributed by atoms with E-state index < -0.39 is 11.6 Å². The molecule has 1 atom stereocenters. The number of halogens is 1. The topological polar surface area (TPSA) is 40.5 Å². The number of alkyl halides is 1. The molecule has 1 rings (SSSR count). The molecule has 0 saturated carbocycles. The Morgan fingerprint density at radius 2 is 2.40 bits per heavy atom. The second-order valence-electron chi connectivity index (χ2n) is 2.76. The minimum atomic E-state index is -1.99. The van der Waals surface area contributed by atoms with Gasteiger partial charge in [-0.15, -0.1) is 0 Å². The molecule has 0 aromatic heterocycles. The number of rotatable bonds is 1. The number of nitrogens with zero attached hydrogens (tertiary/aromatic N) is 1. The van der Waals surface area contributed by atoms with Crippen molar-refractivity contribution in [1.82, 2.24) is 4.90 Å². The predicted octanol–water partition coefficient (Wildman–Crippen LogP) is 0.115. The third kappa shape index (κ3) is 1.11. The van der Waals surface area contributed by atoms with Gasteiger partial charge in [-0.3, -0.25) is 0 Å². The van der Waals surface area contributed by atoms with Crippen LogP contribution >= 0.6 is 0 Å². The maximum absolute atomic E-state index is 13.0. The molecule has 4 heteroatoms. The fourth-order valence-corrected chi connectivity index (χ4v) is 1.13. The molecule has 1 aliphatic rings. The van der Waals surface area contributed by atoms with Gasteiger partial charge in [-0.25, -0.2) is 9.18 Å². The fourth-order valence-electron chi connectivity index (χ4n) is 1.13. The van der Waals surface area contributed by atoms with Crippen LogP contribution in [0.5, 0.6) is 0 Å². The Labute approximate surface area is 58.4 Å². The first-order valence-corrected chi connectivity index (χ1v) is 3.15. The quantitative estimate of drug-likeness (QED) is 0.572. The van der Waals surface area contributed by atoms with Crippen LogP contribution in [0.4, 0.5) is 4.39 Å². The maximum atomic E-state index is 13.0. The van der Waals surface area contributed by atoms with Crippen LogP contribution in [0.3, 0.4) is 0 Å². The number of carboxylic acids is 1. The standard InChI is InChI=1S/C6H10FNO2/c1-8-3-2-6(7,4-8)5(9)10/h2-4H2,1H3,(H,9,10)/t6-/m1/s1. The van der Waals surface area contributed by atoms with Crippen molar-refractivity contribution in [1.29, 1.82) is 0 Å². The molecule has 3 nitrogen and oxygen atoms in total. The van der Waals surface area contributed by atoms with Crippen LogP contribution in [0.2, 0.25) is 0 Å². The molecule has 0 spiro atoms. The minimum absolute atomic E-state index is 0.0162. The second kappa shape index (κ2) is 2.20. The molecule has 0 aromatic carbocycles. The van der Waals surface area contributed by atoms with Crippen LogP contribution in [0.25, 0.3) is 0 Å². The number of carbonyl (C=O) groups is 1. The van der Waals surface area contributed by atoms with Gasteiger partial charge in [0.15, 0.2) is 0 Å². The van der Waals surface area contributed by atoms with Gasteiger partial charge < -0.3 is 10.0 Å². The van der Waals surface area contributed by atoms with Crippen molar-refractivity contribution in [3.05, 3.63) is 0 Å². The molecule has 0 radical (unpaired) electrons. The molecule has 1 fully saturated rings. The van der Waals surface area contributed by atoms with E-state index in [1.165, 1.54) is 0 Å². The lowest BCUT2D eigenvalue weighted by molar-refractivity contribution is -0.149. The average molecular weight is 147 g/mol. The summed E-state index contributed by atoms with van der Waals surface area (Å²) in [7, 11) is 1.71. The third-order valence-electron chi connectivity index (χ3n) is 1.79. The van der Waals surface area contributed by atoms with Gasteiger partial charge in [0.05, 0.1) is 0 Å². The van der Waals surface area contributed by atoms with Crippen molar-refractivity contribution in [3.8, 4) is 0 Å². The van der Waals surface area contributed by atoms with E-state index in [1.807, 2.05) is 0 Å². The molecule has 0 aliphatic carbocycles. The highest BCUT2D eigenvalue weighted by Gasteiger charge is 2.43. The molecular formula is C6H10FNO2. The molecule has 0 unspecified atom stereocenters. The highest BCUT2D eigenvalue weighted by atomic mass is 19.1. The normalized spacial score (nSPS) is 34.6. The Kier molecular flexibility index (Phi) is 1.64. The second-order valence-corrected chi connectivity index (χ2v) is 2.76. The summed E-state index contributed by atoms with van der Waals surface area (Å²) >= 11 is 0. The lowest BCUT2D eigenvalue weighted by Gasteiger charge is -2.12. The molecule has 0 bridgehead atoms. The Morgan fingerprint density at radius 1 is 1.80 bits per heavy atom. The molecule has 0 amide bonds. The minimum Gasteiger partial charge on any atom is -0.479 e. The Morgan fingerprint density at radius 3 is 2.60 bits per heavy atom. The molecule has 1 N–H and O–H groups in total. The highest BCUT2D eigenvalue weighted by Crippen LogP contribution is 2.24. The van der Waals surface area contributed by atoms with E-state index in [1.54, 1.807) is 11.9 Å². The van der Waals surface area contributed by atoms with Gasteiger partial charge >= 0.3 is 5.97 Å². The van der Waals surface area contributed by atoms with E-state index in [-0.39, 0.29) is 13.0 Å². The summed E-state index contributed by atoms with van der Waals surface area (Å²) in [5.41, 5.74) is -1.99. The van der Waals surface area contributed by atoms with Gasteiger partial charge in [-0.2, -0.15) is 0 Å². The zero-order valence-electron chi connectivity index (χ0n) is 5.80. The summed E-state index contributed by atoms with van der Waals surface area (Å²) < 4.78 is 13.0. The first-order valence-electron chi connectivity index (χ1n) is 3.15. The van der Waals surface area contributed by atoms with E-state index in [0.29, 0.717) is 6.54 Å². The molecule has 1 aliphatic heterocycles. The van der Waals surface area contributed by atoms with Crippen molar-refractivity contribution in [2.75, 3.05) is 20.1 Å². The first-order chi connectivity index (χ1) is 4.54. The monoisotopic (exact) mass is 147 g/mol. The van der Waals surface area contributed by atoms with E-state index in [9.17, 15) is 9.18 Å². The summed E-state index contributed by atoms with van der Waals surface area (Å²) in [5, 5.41) is 8.39. The Hall–Kier alpha value is -0.640. The van der Waals surface area contributed by atoms with Crippen molar-refractivity contribution in [2.45, 2.75) is 12.1 Å². The van der Waals surface area contributed by atoms with Crippen molar-refractivity contribution < 1.29 is 14.3 Å². The number of hydrogen-bond acceptors (Lipinski definition) is 2. The lowest BCUT2D eigenvalue weighted by atomic mass is 10.1. The van der Waals surface area contributed by atoms with Gasteiger partial charge in [-0.05, 0) is 7.05 Å². The number of hydrogen-bond donors (Lipinski definition) is 1. The van der Waals surface area contributed by atoms with Crippen molar-refractivity contribution >= 4 is 5.97 Å². The first kappa shape index (κ1) is 7.47. The number of carboxylic acid groups (broad SMARTS) is 1. The van der Waals surface area contributed by atoms with E-state index in [2.05, 4.69) is 0 Å². The zero-order valence-corrected chi connectivity index (χ0v) is 5.80. The Balaban J connectivity index is 2.63. The lowest BCUT2D eigenvalue weighted by Crippen LogP contribution is -2.35. The summed E-state index contributed by atoms with van der Waals surface area (Å²) in [4.78, 5) is 11.9. The van der Waals surface area contributed by atoms with Crippen LogP contribution in [-0.4, -0.2) is 41.8 Å². The fraction of sp³-hybridized carbons (Fsp3) is 0.833. The van der Waals surface area contributed by atoms with Crippen LogP contribution in [-0.2, 0) is 4.79 Å². The summed E-state index contributed by atoms with van der Waals surface area (Å²) in [5.74, 6) is -1.34. The SMILES string of the molecule is CN1CC[C@](F)(C(=O)O)C1. The van der Waals surface area contributed by atoms with Crippen LogP contribution in [0.15, 0.2) is 0 Å². The molecule has 1 heterocycles. The predicted molar refractivity (Wildman–Crippen MR) is 33.6 cm³/mol.